The van der Waals surface area contributed by atoms with Crippen LogP contribution in [-0.4, -0.2) is 25.0 Å². The summed E-state index contributed by atoms with van der Waals surface area (Å²) in [6, 6.07) is 9.79. The van der Waals surface area contributed by atoms with Crippen LogP contribution in [0.2, 0.25) is 0 Å². The van der Waals surface area contributed by atoms with Gasteiger partial charge < -0.3 is 10.1 Å². The Balaban J connectivity index is 2.75. The summed E-state index contributed by atoms with van der Waals surface area (Å²) in [5.41, 5.74) is 0.459. The Bertz CT molecular complexity index is 479. The second-order valence-electron chi connectivity index (χ2n) is 4.18. The minimum Gasteiger partial charge on any atom is -0.467 e. The molecule has 100 valence electrons. The molecule has 1 rings (SSSR count). The quantitative estimate of drug-likeness (QED) is 0.814. The van der Waals surface area contributed by atoms with Crippen LogP contribution >= 0.6 is 0 Å². The van der Waals surface area contributed by atoms with Crippen molar-refractivity contribution in [2.24, 2.45) is 5.92 Å². The van der Waals surface area contributed by atoms with Gasteiger partial charge in [0.05, 0.1) is 13.2 Å². The Kier molecular flexibility index (Phi) is 5.55. The second-order valence-corrected chi connectivity index (χ2v) is 4.18. The van der Waals surface area contributed by atoms with E-state index in [2.05, 4.69) is 10.1 Å². The van der Waals surface area contributed by atoms with E-state index in [4.69, 9.17) is 5.26 Å². The highest BCUT2D eigenvalue weighted by atomic mass is 16.5. The number of carbonyl (C=O) groups is 2. The van der Waals surface area contributed by atoms with Gasteiger partial charge in [-0.25, -0.2) is 4.79 Å². The zero-order chi connectivity index (χ0) is 14.3. The van der Waals surface area contributed by atoms with E-state index < -0.39 is 12.0 Å². The number of rotatable bonds is 5. The van der Waals surface area contributed by atoms with Gasteiger partial charge in [-0.15, -0.1) is 0 Å². The molecule has 19 heavy (non-hydrogen) atoms. The predicted molar refractivity (Wildman–Crippen MR) is 69.1 cm³/mol. The van der Waals surface area contributed by atoms with Gasteiger partial charge in [0, 0.05) is 11.5 Å². The molecule has 0 aromatic heterocycles. The number of hydrogen-bond donors (Lipinski definition) is 1. The smallest absolute Gasteiger partial charge is 0.328 e. The standard InChI is InChI=1S/C14H16N2O3/c1-10(9-15)8-12(14(18)19-2)16-13(17)11-6-4-3-5-7-11/h3-7,10,12H,8H2,1-2H3,(H,16,17)/t10-,12-/m0/s1. The van der Waals surface area contributed by atoms with Crippen LogP contribution in [0.5, 0.6) is 0 Å². The molecular formula is C14H16N2O3. The van der Waals surface area contributed by atoms with Crippen molar-refractivity contribution in [1.29, 1.82) is 5.26 Å². The minimum absolute atomic E-state index is 0.224. The number of carbonyl (C=O) groups excluding carboxylic acids is 2. The molecule has 0 heterocycles. The van der Waals surface area contributed by atoms with E-state index >= 15 is 0 Å². The number of esters is 1. The molecule has 5 heteroatoms. The molecule has 0 fully saturated rings. The largest absolute Gasteiger partial charge is 0.467 e. The maximum Gasteiger partial charge on any atom is 0.328 e. The first-order valence-electron chi connectivity index (χ1n) is 5.91. The van der Waals surface area contributed by atoms with Gasteiger partial charge in [-0.3, -0.25) is 4.79 Å². The van der Waals surface area contributed by atoms with E-state index in [1.165, 1.54) is 7.11 Å². The Morgan fingerprint density at radius 1 is 1.37 bits per heavy atom. The van der Waals surface area contributed by atoms with Crippen molar-refractivity contribution < 1.29 is 14.3 Å². The summed E-state index contributed by atoms with van der Waals surface area (Å²) >= 11 is 0. The van der Waals surface area contributed by atoms with Crippen LogP contribution in [0.1, 0.15) is 23.7 Å². The fourth-order valence-electron chi connectivity index (χ4n) is 1.59. The fraction of sp³-hybridized carbons (Fsp3) is 0.357. The summed E-state index contributed by atoms with van der Waals surface area (Å²) in [5.74, 6) is -1.26. The van der Waals surface area contributed by atoms with Gasteiger partial charge in [-0.05, 0) is 25.5 Å². The summed E-state index contributed by atoms with van der Waals surface area (Å²) in [6.45, 7) is 1.69. The van der Waals surface area contributed by atoms with Crippen LogP contribution in [0.25, 0.3) is 0 Å². The number of benzene rings is 1. The third-order valence-corrected chi connectivity index (χ3v) is 2.64. The number of nitrogens with one attached hydrogen (secondary N) is 1. The molecule has 0 spiro atoms. The molecule has 0 aliphatic carbocycles. The Labute approximate surface area is 112 Å². The van der Waals surface area contributed by atoms with E-state index in [0.29, 0.717) is 5.56 Å². The van der Waals surface area contributed by atoms with E-state index in [9.17, 15) is 9.59 Å². The topological polar surface area (TPSA) is 79.2 Å². The Hall–Kier alpha value is -2.35. The average Bonchev–Trinajstić information content (AvgIpc) is 2.46. The van der Waals surface area contributed by atoms with Gasteiger partial charge in [0.2, 0.25) is 0 Å². The number of nitrogens with zero attached hydrogens (tertiary/aromatic N) is 1. The zero-order valence-electron chi connectivity index (χ0n) is 10.9. The maximum absolute atomic E-state index is 11.9. The summed E-state index contributed by atoms with van der Waals surface area (Å²) < 4.78 is 4.63. The molecule has 0 saturated carbocycles. The Morgan fingerprint density at radius 3 is 2.53 bits per heavy atom. The van der Waals surface area contributed by atoms with Crippen LogP contribution < -0.4 is 5.32 Å². The molecule has 1 N–H and O–H groups in total. The molecule has 5 nitrogen and oxygen atoms in total. The van der Waals surface area contributed by atoms with Gasteiger partial charge >= 0.3 is 5.97 Å². The van der Waals surface area contributed by atoms with Gasteiger partial charge in [-0.1, -0.05) is 18.2 Å². The van der Waals surface area contributed by atoms with E-state index in [1.807, 2.05) is 6.07 Å². The van der Waals surface area contributed by atoms with Crippen LogP contribution in [0.4, 0.5) is 0 Å². The van der Waals surface area contributed by atoms with Gasteiger partial charge in [0.1, 0.15) is 6.04 Å². The van der Waals surface area contributed by atoms with Crippen molar-refractivity contribution in [2.45, 2.75) is 19.4 Å². The fourth-order valence-corrected chi connectivity index (χ4v) is 1.59. The van der Waals surface area contributed by atoms with Crippen molar-refractivity contribution in [3.8, 4) is 6.07 Å². The molecule has 1 aromatic carbocycles. The normalized spacial score (nSPS) is 12.9. The van der Waals surface area contributed by atoms with Crippen molar-refractivity contribution in [1.82, 2.24) is 5.32 Å². The van der Waals surface area contributed by atoms with Crippen LogP contribution in [0.3, 0.4) is 0 Å². The van der Waals surface area contributed by atoms with E-state index in [-0.39, 0.29) is 18.2 Å². The molecule has 0 unspecified atom stereocenters. The summed E-state index contributed by atoms with van der Waals surface area (Å²) in [6.07, 6.45) is 0.224. The first-order chi connectivity index (χ1) is 9.08. The van der Waals surface area contributed by atoms with Crippen molar-refractivity contribution in [3.05, 3.63) is 35.9 Å². The number of nitriles is 1. The van der Waals surface area contributed by atoms with Crippen LogP contribution in [0, 0.1) is 17.2 Å². The lowest BCUT2D eigenvalue weighted by Gasteiger charge is -2.17. The van der Waals surface area contributed by atoms with E-state index in [0.717, 1.165) is 0 Å². The maximum atomic E-state index is 11.9. The first kappa shape index (κ1) is 14.7. The lowest BCUT2D eigenvalue weighted by Crippen LogP contribution is -2.42. The highest BCUT2D eigenvalue weighted by Gasteiger charge is 2.24. The number of methoxy groups -OCH3 is 1. The highest BCUT2D eigenvalue weighted by Crippen LogP contribution is 2.08. The van der Waals surface area contributed by atoms with E-state index in [1.54, 1.807) is 37.3 Å². The molecule has 0 saturated heterocycles. The zero-order valence-corrected chi connectivity index (χ0v) is 10.9. The SMILES string of the molecule is COC(=O)[C@H](C[C@H](C)C#N)NC(=O)c1ccccc1. The molecule has 0 bridgehead atoms. The summed E-state index contributed by atoms with van der Waals surface area (Å²) in [7, 11) is 1.25. The number of amides is 1. The highest BCUT2D eigenvalue weighted by molar-refractivity contribution is 5.96. The third kappa shape index (κ3) is 4.43. The Morgan fingerprint density at radius 2 is 2.00 bits per heavy atom. The molecule has 0 aliphatic rings. The van der Waals surface area contributed by atoms with Crippen molar-refractivity contribution >= 4 is 11.9 Å². The molecular weight excluding hydrogens is 244 g/mol. The molecule has 0 radical (unpaired) electrons. The molecule has 2 atom stereocenters. The minimum atomic E-state index is -0.813. The number of hydrogen-bond acceptors (Lipinski definition) is 4. The van der Waals surface area contributed by atoms with Crippen LogP contribution in [0.15, 0.2) is 30.3 Å². The van der Waals surface area contributed by atoms with Crippen molar-refractivity contribution in [3.63, 3.8) is 0 Å². The lowest BCUT2D eigenvalue weighted by atomic mass is 10.0. The second kappa shape index (κ2) is 7.17. The summed E-state index contributed by atoms with van der Waals surface area (Å²) in [5, 5.41) is 11.4. The van der Waals surface area contributed by atoms with Gasteiger partial charge in [0.25, 0.3) is 5.91 Å². The monoisotopic (exact) mass is 260 g/mol. The molecule has 1 aromatic rings. The molecule has 0 aliphatic heterocycles. The first-order valence-corrected chi connectivity index (χ1v) is 5.91. The lowest BCUT2D eigenvalue weighted by molar-refractivity contribution is -0.143. The summed E-state index contributed by atoms with van der Waals surface area (Å²) in [4.78, 5) is 23.5. The van der Waals surface area contributed by atoms with Gasteiger partial charge in [-0.2, -0.15) is 5.26 Å². The number of ether oxygens (including phenoxy) is 1. The van der Waals surface area contributed by atoms with Crippen molar-refractivity contribution in [2.75, 3.05) is 7.11 Å². The van der Waals surface area contributed by atoms with Crippen LogP contribution in [-0.2, 0) is 9.53 Å². The molecule has 1 amide bonds. The average molecular weight is 260 g/mol. The third-order valence-electron chi connectivity index (χ3n) is 2.64. The van der Waals surface area contributed by atoms with Gasteiger partial charge in [0.15, 0.2) is 0 Å². The predicted octanol–water partition coefficient (Wildman–Crippen LogP) is 1.51.